The van der Waals surface area contributed by atoms with E-state index in [1.54, 1.807) is 0 Å². The summed E-state index contributed by atoms with van der Waals surface area (Å²) in [6, 6.07) is 0. The zero-order valence-corrected chi connectivity index (χ0v) is 34.8. The van der Waals surface area contributed by atoms with E-state index in [0.717, 1.165) is 57.8 Å². The summed E-state index contributed by atoms with van der Waals surface area (Å²) in [6.07, 6.45) is 35.4. The van der Waals surface area contributed by atoms with Crippen LogP contribution in [0.1, 0.15) is 149 Å². The van der Waals surface area contributed by atoms with Crippen LogP contribution in [0.25, 0.3) is 0 Å². The van der Waals surface area contributed by atoms with Gasteiger partial charge in [-0.15, -0.1) is 0 Å². The third-order valence-electron chi connectivity index (χ3n) is 9.33. The van der Waals surface area contributed by atoms with E-state index >= 15 is 0 Å². The Balaban J connectivity index is 2.44. The van der Waals surface area contributed by atoms with Crippen LogP contribution < -0.4 is 0 Å². The molecule has 1 saturated heterocycles. The van der Waals surface area contributed by atoms with Crippen molar-refractivity contribution in [1.82, 2.24) is 0 Å². The van der Waals surface area contributed by atoms with E-state index in [2.05, 4.69) is 74.6 Å². The van der Waals surface area contributed by atoms with Gasteiger partial charge in [0, 0.05) is 12.8 Å². The van der Waals surface area contributed by atoms with Crippen LogP contribution in [0, 0.1) is 0 Å². The van der Waals surface area contributed by atoms with Crippen LogP contribution in [0.3, 0.4) is 0 Å². The lowest BCUT2D eigenvalue weighted by Crippen LogP contribution is -2.60. The first kappa shape index (κ1) is 51.7. The van der Waals surface area contributed by atoms with Crippen molar-refractivity contribution in [3.05, 3.63) is 72.9 Å². The van der Waals surface area contributed by atoms with Crippen molar-refractivity contribution in [3.63, 3.8) is 0 Å². The van der Waals surface area contributed by atoms with Gasteiger partial charge in [0.1, 0.15) is 24.9 Å². The van der Waals surface area contributed by atoms with Crippen molar-refractivity contribution in [2.24, 2.45) is 0 Å². The highest BCUT2D eigenvalue weighted by Crippen LogP contribution is 2.23. The topological polar surface area (TPSA) is 169 Å². The second-order valence-electron chi connectivity index (χ2n) is 14.5. The number of rotatable bonds is 34. The molecule has 324 valence electrons. The Labute approximate surface area is 342 Å². The molecule has 0 aliphatic carbocycles. The summed E-state index contributed by atoms with van der Waals surface area (Å²) in [6.45, 7) is 3.61. The number of esters is 2. The van der Waals surface area contributed by atoms with Crippen LogP contribution in [-0.4, -0.2) is 88.4 Å². The van der Waals surface area contributed by atoms with E-state index in [-0.39, 0.29) is 19.4 Å². The Hall–Kier alpha value is -3.35. The fourth-order valence-corrected chi connectivity index (χ4v) is 5.96. The summed E-state index contributed by atoms with van der Waals surface area (Å²) >= 11 is 0. The second-order valence-corrected chi connectivity index (χ2v) is 14.5. The SMILES string of the molecule is CC/C=C\C/C=C\C/C=C\C/C=C\C/C=C\C/C=C\CCC(=O)OCC(COC1OC(C(=O)O)C(O)C(O)C1O)OC(=O)CCCCCCCCCCCCCC. The molecule has 4 N–H and O–H groups in total. The molecule has 1 aliphatic heterocycles. The summed E-state index contributed by atoms with van der Waals surface area (Å²) in [5.74, 6) is -2.56. The van der Waals surface area contributed by atoms with E-state index in [1.807, 2.05) is 12.2 Å². The molecule has 6 atom stereocenters. The zero-order chi connectivity index (χ0) is 41.8. The molecule has 0 aromatic rings. The molecule has 0 amide bonds. The lowest BCUT2D eigenvalue weighted by molar-refractivity contribution is -0.298. The Morgan fingerprint density at radius 1 is 0.561 bits per heavy atom. The molecule has 0 radical (unpaired) electrons. The molecular formula is C46H74O11. The van der Waals surface area contributed by atoms with Crippen LogP contribution in [0.5, 0.6) is 0 Å². The predicted octanol–water partition coefficient (Wildman–Crippen LogP) is 8.92. The van der Waals surface area contributed by atoms with Gasteiger partial charge in [0.15, 0.2) is 18.5 Å². The third-order valence-corrected chi connectivity index (χ3v) is 9.33. The second kappa shape index (κ2) is 35.8. The number of aliphatic carboxylic acids is 1. The van der Waals surface area contributed by atoms with Gasteiger partial charge >= 0.3 is 17.9 Å². The summed E-state index contributed by atoms with van der Waals surface area (Å²) in [5.41, 5.74) is 0. The maximum Gasteiger partial charge on any atom is 0.335 e. The van der Waals surface area contributed by atoms with Gasteiger partial charge in [-0.2, -0.15) is 0 Å². The molecule has 1 heterocycles. The first-order chi connectivity index (χ1) is 27.7. The third kappa shape index (κ3) is 27.8. The smallest absolute Gasteiger partial charge is 0.335 e. The first-order valence-corrected chi connectivity index (χ1v) is 21.5. The maximum absolute atomic E-state index is 12.7. The monoisotopic (exact) mass is 803 g/mol. The number of carbonyl (C=O) groups is 3. The van der Waals surface area contributed by atoms with E-state index in [9.17, 15) is 34.8 Å². The Kier molecular flexibility index (Phi) is 32.4. The maximum atomic E-state index is 12.7. The predicted molar refractivity (Wildman–Crippen MR) is 224 cm³/mol. The molecule has 11 heteroatoms. The van der Waals surface area contributed by atoms with Gasteiger partial charge in [-0.25, -0.2) is 4.79 Å². The number of hydrogen-bond acceptors (Lipinski definition) is 10. The van der Waals surface area contributed by atoms with E-state index in [4.69, 9.17) is 18.9 Å². The number of ether oxygens (including phenoxy) is 4. The van der Waals surface area contributed by atoms with Gasteiger partial charge in [-0.3, -0.25) is 9.59 Å². The van der Waals surface area contributed by atoms with Gasteiger partial charge in [0.2, 0.25) is 0 Å². The van der Waals surface area contributed by atoms with Crippen LogP contribution >= 0.6 is 0 Å². The quantitative estimate of drug-likeness (QED) is 0.0278. The number of hydrogen-bond donors (Lipinski definition) is 4. The van der Waals surface area contributed by atoms with Crippen molar-refractivity contribution < 1.29 is 53.8 Å². The highest BCUT2D eigenvalue weighted by molar-refractivity contribution is 5.73. The van der Waals surface area contributed by atoms with Gasteiger partial charge in [-0.1, -0.05) is 157 Å². The van der Waals surface area contributed by atoms with Gasteiger partial charge < -0.3 is 39.4 Å². The van der Waals surface area contributed by atoms with Gasteiger partial charge in [0.25, 0.3) is 0 Å². The molecule has 0 aromatic heterocycles. The number of aliphatic hydroxyl groups is 3. The number of aliphatic hydroxyl groups excluding tert-OH is 3. The molecule has 0 bridgehead atoms. The van der Waals surface area contributed by atoms with Crippen LogP contribution in [0.4, 0.5) is 0 Å². The zero-order valence-electron chi connectivity index (χ0n) is 34.8. The first-order valence-electron chi connectivity index (χ1n) is 21.5. The molecule has 1 aliphatic rings. The highest BCUT2D eigenvalue weighted by Gasteiger charge is 2.47. The summed E-state index contributed by atoms with van der Waals surface area (Å²) in [4.78, 5) is 36.7. The fourth-order valence-electron chi connectivity index (χ4n) is 5.96. The van der Waals surface area contributed by atoms with E-state index in [0.29, 0.717) is 12.8 Å². The number of carbonyl (C=O) groups excluding carboxylic acids is 2. The average molecular weight is 803 g/mol. The largest absolute Gasteiger partial charge is 0.479 e. The Bertz CT molecular complexity index is 1220. The van der Waals surface area contributed by atoms with E-state index in [1.165, 1.54) is 51.4 Å². The molecule has 0 spiro atoms. The summed E-state index contributed by atoms with van der Waals surface area (Å²) < 4.78 is 21.6. The van der Waals surface area contributed by atoms with Crippen LogP contribution in [0.2, 0.25) is 0 Å². The molecule has 57 heavy (non-hydrogen) atoms. The average Bonchev–Trinajstić information content (AvgIpc) is 3.19. The van der Waals surface area contributed by atoms with E-state index < -0.39 is 61.3 Å². The number of carboxylic acid groups (broad SMARTS) is 1. The summed E-state index contributed by atoms with van der Waals surface area (Å²) in [7, 11) is 0. The number of unbranched alkanes of at least 4 members (excludes halogenated alkanes) is 11. The Morgan fingerprint density at radius 2 is 1.04 bits per heavy atom. The van der Waals surface area contributed by atoms with Gasteiger partial charge in [0.05, 0.1) is 6.61 Å². The molecule has 0 aromatic carbocycles. The van der Waals surface area contributed by atoms with Crippen LogP contribution in [-0.2, 0) is 33.3 Å². The van der Waals surface area contributed by atoms with Crippen molar-refractivity contribution in [2.75, 3.05) is 13.2 Å². The van der Waals surface area contributed by atoms with Crippen molar-refractivity contribution in [1.29, 1.82) is 0 Å². The normalized spacial score (nSPS) is 20.9. The minimum atomic E-state index is -1.87. The molecular weight excluding hydrogens is 728 g/mol. The minimum absolute atomic E-state index is 0.109. The molecule has 1 rings (SSSR count). The number of allylic oxidation sites excluding steroid dienone is 12. The Morgan fingerprint density at radius 3 is 1.53 bits per heavy atom. The van der Waals surface area contributed by atoms with Crippen LogP contribution in [0.15, 0.2) is 72.9 Å². The number of carboxylic acids is 1. The van der Waals surface area contributed by atoms with Crippen molar-refractivity contribution in [2.45, 2.75) is 185 Å². The standard InChI is InChI=1S/C46H74O11/c1-3-5-7-9-11-13-15-17-18-19-20-21-22-23-25-26-28-30-32-34-39(47)54-36-38(37-55-46-43(51)41(49)42(50)44(57-46)45(52)53)56-40(48)35-33-31-29-27-24-16-14-12-10-8-6-4-2/h5,7,11,13,17-18,20-21,23,25,28,30,38,41-44,46,49-51H,3-4,6,8-10,12,14-16,19,22,24,26-27,29,31-37H2,1-2H3,(H,52,53)/b7-5-,13-11-,18-17-,21-20-,25-23-,30-28-. The molecule has 0 saturated carbocycles. The highest BCUT2D eigenvalue weighted by atomic mass is 16.7. The lowest BCUT2D eigenvalue weighted by Gasteiger charge is -2.38. The molecule has 6 unspecified atom stereocenters. The summed E-state index contributed by atoms with van der Waals surface area (Å²) in [5, 5.41) is 39.7. The van der Waals surface area contributed by atoms with Gasteiger partial charge in [-0.05, 0) is 51.4 Å². The molecule has 11 nitrogen and oxygen atoms in total. The lowest BCUT2D eigenvalue weighted by atomic mass is 9.99. The van der Waals surface area contributed by atoms with Crippen molar-refractivity contribution in [3.8, 4) is 0 Å². The molecule has 1 fully saturated rings. The fraction of sp³-hybridized carbons (Fsp3) is 0.674. The van der Waals surface area contributed by atoms with Crippen molar-refractivity contribution >= 4 is 17.9 Å². The minimum Gasteiger partial charge on any atom is -0.479 e.